The number of hydrogen-bond donors (Lipinski definition) is 1. The van der Waals surface area contributed by atoms with E-state index < -0.39 is 0 Å². The zero-order valence-corrected chi connectivity index (χ0v) is 9.58. The highest BCUT2D eigenvalue weighted by atomic mass is 16.2. The lowest BCUT2D eigenvalue weighted by Gasteiger charge is -2.31. The molecule has 1 fully saturated rings. The van der Waals surface area contributed by atoms with E-state index in [4.69, 9.17) is 0 Å². The average molecular weight is 212 g/mol. The van der Waals surface area contributed by atoms with Gasteiger partial charge in [-0.05, 0) is 19.8 Å². The second-order valence-corrected chi connectivity index (χ2v) is 3.90. The molecule has 1 heterocycles. The first-order valence-electron chi connectivity index (χ1n) is 5.74. The normalized spacial score (nSPS) is 17.6. The Hall–Kier alpha value is -1.06. The lowest BCUT2D eigenvalue weighted by molar-refractivity contribution is -0.135. The minimum Gasteiger partial charge on any atom is -0.356 e. The Morgan fingerprint density at radius 1 is 1.27 bits per heavy atom. The lowest BCUT2D eigenvalue weighted by atomic mass is 9.96. The number of nitrogens with one attached hydrogen (secondary N) is 1. The van der Waals surface area contributed by atoms with Crippen LogP contribution in [0.2, 0.25) is 0 Å². The summed E-state index contributed by atoms with van der Waals surface area (Å²) in [7, 11) is 0. The van der Waals surface area contributed by atoms with Gasteiger partial charge in [0.15, 0.2) is 0 Å². The fourth-order valence-electron chi connectivity index (χ4n) is 1.93. The number of carbonyl (C=O) groups is 2. The summed E-state index contributed by atoms with van der Waals surface area (Å²) in [6.45, 7) is 5.95. The SMILES string of the molecule is CCNC(=O)C1CCN(C(=O)CC)CC1. The maximum atomic E-state index is 11.5. The number of carbonyl (C=O) groups excluding carboxylic acids is 2. The summed E-state index contributed by atoms with van der Waals surface area (Å²) in [6, 6.07) is 0. The minimum atomic E-state index is 0.103. The molecule has 2 amide bonds. The van der Waals surface area contributed by atoms with E-state index in [1.165, 1.54) is 0 Å². The van der Waals surface area contributed by atoms with E-state index in [-0.39, 0.29) is 17.7 Å². The van der Waals surface area contributed by atoms with Crippen LogP contribution in [-0.4, -0.2) is 36.3 Å². The van der Waals surface area contributed by atoms with E-state index in [0.717, 1.165) is 25.9 Å². The van der Waals surface area contributed by atoms with Crippen molar-refractivity contribution in [1.82, 2.24) is 10.2 Å². The monoisotopic (exact) mass is 212 g/mol. The largest absolute Gasteiger partial charge is 0.356 e. The third-order valence-electron chi connectivity index (χ3n) is 2.87. The lowest BCUT2D eigenvalue weighted by Crippen LogP contribution is -2.42. The molecule has 4 heteroatoms. The molecule has 0 radical (unpaired) electrons. The zero-order chi connectivity index (χ0) is 11.3. The molecule has 0 bridgehead atoms. The Bertz CT molecular complexity index is 233. The predicted molar refractivity (Wildman–Crippen MR) is 58.3 cm³/mol. The molecule has 0 atom stereocenters. The minimum absolute atomic E-state index is 0.103. The zero-order valence-electron chi connectivity index (χ0n) is 9.58. The van der Waals surface area contributed by atoms with Crippen LogP contribution in [-0.2, 0) is 9.59 Å². The quantitative estimate of drug-likeness (QED) is 0.751. The summed E-state index contributed by atoms with van der Waals surface area (Å²) < 4.78 is 0. The number of hydrogen-bond acceptors (Lipinski definition) is 2. The second kappa shape index (κ2) is 5.73. The van der Waals surface area contributed by atoms with Gasteiger partial charge in [-0.3, -0.25) is 9.59 Å². The van der Waals surface area contributed by atoms with E-state index in [1.807, 2.05) is 18.7 Å². The maximum Gasteiger partial charge on any atom is 0.223 e. The highest BCUT2D eigenvalue weighted by Crippen LogP contribution is 2.17. The first-order valence-corrected chi connectivity index (χ1v) is 5.74. The smallest absolute Gasteiger partial charge is 0.223 e. The van der Waals surface area contributed by atoms with Crippen molar-refractivity contribution in [2.24, 2.45) is 5.92 Å². The summed E-state index contributed by atoms with van der Waals surface area (Å²) in [6.07, 6.45) is 2.17. The fourth-order valence-corrected chi connectivity index (χ4v) is 1.93. The van der Waals surface area contributed by atoms with Crippen molar-refractivity contribution in [2.75, 3.05) is 19.6 Å². The molecule has 1 saturated heterocycles. The van der Waals surface area contributed by atoms with Gasteiger partial charge in [0.2, 0.25) is 11.8 Å². The van der Waals surface area contributed by atoms with Crippen molar-refractivity contribution in [2.45, 2.75) is 33.1 Å². The number of nitrogens with zero attached hydrogens (tertiary/aromatic N) is 1. The molecule has 0 aromatic carbocycles. The van der Waals surface area contributed by atoms with Gasteiger partial charge in [0.1, 0.15) is 0 Å². The molecular weight excluding hydrogens is 192 g/mol. The number of likely N-dealkylation sites (tertiary alicyclic amines) is 1. The van der Waals surface area contributed by atoms with Crippen LogP contribution in [0.3, 0.4) is 0 Å². The Morgan fingerprint density at radius 3 is 2.33 bits per heavy atom. The molecule has 0 aliphatic carbocycles. The summed E-state index contributed by atoms with van der Waals surface area (Å²) in [5, 5.41) is 2.83. The van der Waals surface area contributed by atoms with E-state index in [0.29, 0.717) is 13.0 Å². The first kappa shape index (κ1) is 12.0. The average Bonchev–Trinajstić information content (AvgIpc) is 2.28. The molecule has 15 heavy (non-hydrogen) atoms. The molecule has 86 valence electrons. The standard InChI is InChI=1S/C11H20N2O2/c1-3-10(14)13-7-5-9(6-8-13)11(15)12-4-2/h9H,3-8H2,1-2H3,(H,12,15). The van der Waals surface area contributed by atoms with Crippen molar-refractivity contribution >= 4 is 11.8 Å². The van der Waals surface area contributed by atoms with Crippen molar-refractivity contribution in [3.05, 3.63) is 0 Å². The third kappa shape index (κ3) is 3.22. The van der Waals surface area contributed by atoms with Gasteiger partial charge in [-0.25, -0.2) is 0 Å². The summed E-state index contributed by atoms with van der Waals surface area (Å²) >= 11 is 0. The van der Waals surface area contributed by atoms with Gasteiger partial charge >= 0.3 is 0 Å². The molecule has 0 spiro atoms. The van der Waals surface area contributed by atoms with Crippen LogP contribution >= 0.6 is 0 Å². The van der Waals surface area contributed by atoms with Gasteiger partial charge in [0.05, 0.1) is 0 Å². The fraction of sp³-hybridized carbons (Fsp3) is 0.818. The Morgan fingerprint density at radius 2 is 1.87 bits per heavy atom. The van der Waals surface area contributed by atoms with Crippen LogP contribution in [0.5, 0.6) is 0 Å². The topological polar surface area (TPSA) is 49.4 Å². The molecule has 1 N–H and O–H groups in total. The Kier molecular flexibility index (Phi) is 4.59. The summed E-state index contributed by atoms with van der Waals surface area (Å²) in [5.41, 5.74) is 0. The van der Waals surface area contributed by atoms with Crippen LogP contribution in [0.25, 0.3) is 0 Å². The molecule has 1 aliphatic heterocycles. The van der Waals surface area contributed by atoms with Crippen LogP contribution in [0.1, 0.15) is 33.1 Å². The van der Waals surface area contributed by atoms with E-state index >= 15 is 0 Å². The van der Waals surface area contributed by atoms with Crippen molar-refractivity contribution in [3.63, 3.8) is 0 Å². The molecule has 0 saturated carbocycles. The Balaban J connectivity index is 2.35. The van der Waals surface area contributed by atoms with Crippen molar-refractivity contribution in [3.8, 4) is 0 Å². The van der Waals surface area contributed by atoms with E-state index in [9.17, 15) is 9.59 Å². The molecule has 1 aliphatic rings. The highest BCUT2D eigenvalue weighted by molar-refractivity contribution is 5.79. The van der Waals surface area contributed by atoms with Crippen LogP contribution in [0.4, 0.5) is 0 Å². The summed E-state index contributed by atoms with van der Waals surface area (Å²) in [4.78, 5) is 24.8. The van der Waals surface area contributed by atoms with Gasteiger partial charge in [-0.1, -0.05) is 6.92 Å². The van der Waals surface area contributed by atoms with Gasteiger partial charge in [0, 0.05) is 32.0 Å². The predicted octanol–water partition coefficient (Wildman–Crippen LogP) is 0.771. The maximum absolute atomic E-state index is 11.5. The molecule has 0 aromatic rings. The van der Waals surface area contributed by atoms with Crippen LogP contribution < -0.4 is 5.32 Å². The molecule has 1 rings (SSSR count). The number of rotatable bonds is 3. The van der Waals surface area contributed by atoms with Crippen LogP contribution in [0.15, 0.2) is 0 Å². The molecule has 4 nitrogen and oxygen atoms in total. The van der Waals surface area contributed by atoms with Gasteiger partial charge in [0.25, 0.3) is 0 Å². The van der Waals surface area contributed by atoms with E-state index in [2.05, 4.69) is 5.32 Å². The third-order valence-corrected chi connectivity index (χ3v) is 2.87. The number of piperidine rings is 1. The van der Waals surface area contributed by atoms with Crippen LogP contribution in [0, 0.1) is 5.92 Å². The van der Waals surface area contributed by atoms with Gasteiger partial charge < -0.3 is 10.2 Å². The summed E-state index contributed by atoms with van der Waals surface area (Å²) in [5.74, 6) is 0.441. The molecule has 0 unspecified atom stereocenters. The van der Waals surface area contributed by atoms with E-state index in [1.54, 1.807) is 0 Å². The number of amides is 2. The van der Waals surface area contributed by atoms with Crippen molar-refractivity contribution < 1.29 is 9.59 Å². The van der Waals surface area contributed by atoms with Gasteiger partial charge in [-0.15, -0.1) is 0 Å². The first-order chi connectivity index (χ1) is 7.19. The van der Waals surface area contributed by atoms with Gasteiger partial charge in [-0.2, -0.15) is 0 Å². The Labute approximate surface area is 91.0 Å². The van der Waals surface area contributed by atoms with Crippen molar-refractivity contribution in [1.29, 1.82) is 0 Å². The second-order valence-electron chi connectivity index (χ2n) is 3.90. The molecular formula is C11H20N2O2. The highest BCUT2D eigenvalue weighted by Gasteiger charge is 2.25. The molecule has 0 aromatic heterocycles.